The van der Waals surface area contributed by atoms with Gasteiger partial charge < -0.3 is 5.11 Å². The second kappa shape index (κ2) is 6.69. The van der Waals surface area contributed by atoms with Gasteiger partial charge in [-0.2, -0.15) is 0 Å². The summed E-state index contributed by atoms with van der Waals surface area (Å²) in [6.07, 6.45) is 1.03. The first-order valence-electron chi connectivity index (χ1n) is 6.69. The van der Waals surface area contributed by atoms with Gasteiger partial charge in [0.2, 0.25) is 0 Å². The standard InChI is InChI=1S/C16H24O2/c1-11(2)9-13-5-7-14(8-6-13)16(18)15(10-17)12(3)4/h5-8,11-12,15,17H,9-10H2,1-4H3. The molecule has 0 aliphatic rings. The van der Waals surface area contributed by atoms with E-state index in [-0.39, 0.29) is 24.2 Å². The molecule has 18 heavy (non-hydrogen) atoms. The van der Waals surface area contributed by atoms with Crippen LogP contribution in [-0.2, 0) is 6.42 Å². The van der Waals surface area contributed by atoms with Crippen molar-refractivity contribution >= 4 is 5.78 Å². The molecule has 0 saturated heterocycles. The van der Waals surface area contributed by atoms with Crippen LogP contribution in [0.4, 0.5) is 0 Å². The van der Waals surface area contributed by atoms with E-state index in [1.165, 1.54) is 5.56 Å². The second-order valence-electron chi connectivity index (χ2n) is 5.69. The molecular formula is C16H24O2. The number of hydrogen-bond acceptors (Lipinski definition) is 2. The van der Waals surface area contributed by atoms with Gasteiger partial charge in [-0.1, -0.05) is 52.0 Å². The monoisotopic (exact) mass is 248 g/mol. The fourth-order valence-corrected chi connectivity index (χ4v) is 2.09. The first-order valence-corrected chi connectivity index (χ1v) is 6.69. The van der Waals surface area contributed by atoms with Crippen molar-refractivity contribution in [3.8, 4) is 0 Å². The predicted octanol–water partition coefficient (Wildman–Crippen LogP) is 3.33. The molecule has 1 N–H and O–H groups in total. The zero-order valence-electron chi connectivity index (χ0n) is 11.8. The van der Waals surface area contributed by atoms with E-state index in [9.17, 15) is 9.90 Å². The van der Waals surface area contributed by atoms with E-state index in [0.29, 0.717) is 11.5 Å². The minimum absolute atomic E-state index is 0.0450. The average Bonchev–Trinajstić information content (AvgIpc) is 2.29. The van der Waals surface area contributed by atoms with Crippen molar-refractivity contribution in [3.05, 3.63) is 35.4 Å². The molecule has 0 bridgehead atoms. The largest absolute Gasteiger partial charge is 0.396 e. The second-order valence-corrected chi connectivity index (χ2v) is 5.69. The Morgan fingerprint density at radius 1 is 1.11 bits per heavy atom. The summed E-state index contributed by atoms with van der Waals surface area (Å²) in [7, 11) is 0. The van der Waals surface area contributed by atoms with Crippen molar-refractivity contribution in [3.63, 3.8) is 0 Å². The number of rotatable bonds is 6. The molecule has 0 saturated carbocycles. The van der Waals surface area contributed by atoms with Crippen LogP contribution >= 0.6 is 0 Å². The van der Waals surface area contributed by atoms with Crippen molar-refractivity contribution in [2.75, 3.05) is 6.61 Å². The molecule has 0 spiro atoms. The number of aliphatic hydroxyl groups excluding tert-OH is 1. The first kappa shape index (κ1) is 14.9. The van der Waals surface area contributed by atoms with Gasteiger partial charge in [0.15, 0.2) is 5.78 Å². The van der Waals surface area contributed by atoms with Crippen LogP contribution in [0.1, 0.15) is 43.6 Å². The normalized spacial score (nSPS) is 13.1. The number of Topliss-reactive ketones (excluding diaryl/α,β-unsaturated/α-hetero) is 1. The van der Waals surface area contributed by atoms with Crippen LogP contribution in [0.15, 0.2) is 24.3 Å². The quantitative estimate of drug-likeness (QED) is 0.784. The Morgan fingerprint density at radius 3 is 2.06 bits per heavy atom. The molecule has 2 heteroatoms. The van der Waals surface area contributed by atoms with Crippen molar-refractivity contribution in [1.29, 1.82) is 0 Å². The Morgan fingerprint density at radius 2 is 1.67 bits per heavy atom. The fourth-order valence-electron chi connectivity index (χ4n) is 2.09. The van der Waals surface area contributed by atoms with E-state index in [1.807, 2.05) is 38.1 Å². The van der Waals surface area contributed by atoms with E-state index in [1.54, 1.807) is 0 Å². The number of carbonyl (C=O) groups is 1. The first-order chi connectivity index (χ1) is 8.45. The SMILES string of the molecule is CC(C)Cc1ccc(C(=O)C(CO)C(C)C)cc1. The Kier molecular flexibility index (Phi) is 5.54. The summed E-state index contributed by atoms with van der Waals surface area (Å²) in [5.41, 5.74) is 1.96. The lowest BCUT2D eigenvalue weighted by molar-refractivity contribution is 0.0807. The van der Waals surface area contributed by atoms with Crippen LogP contribution < -0.4 is 0 Å². The van der Waals surface area contributed by atoms with Crippen molar-refractivity contribution in [1.82, 2.24) is 0 Å². The van der Waals surface area contributed by atoms with Gasteiger partial charge in [-0.05, 0) is 23.8 Å². The third-order valence-corrected chi connectivity index (χ3v) is 3.22. The Labute approximate surface area is 110 Å². The number of hydrogen-bond donors (Lipinski definition) is 1. The smallest absolute Gasteiger partial charge is 0.168 e. The zero-order chi connectivity index (χ0) is 13.7. The van der Waals surface area contributed by atoms with Gasteiger partial charge in [0.05, 0.1) is 6.61 Å². The van der Waals surface area contributed by atoms with Crippen molar-refractivity contribution in [2.24, 2.45) is 17.8 Å². The molecule has 0 radical (unpaired) electrons. The van der Waals surface area contributed by atoms with E-state index in [2.05, 4.69) is 13.8 Å². The van der Waals surface area contributed by atoms with Gasteiger partial charge >= 0.3 is 0 Å². The van der Waals surface area contributed by atoms with E-state index < -0.39 is 0 Å². The van der Waals surface area contributed by atoms with Gasteiger partial charge in [-0.3, -0.25) is 4.79 Å². The predicted molar refractivity (Wildman–Crippen MR) is 74.7 cm³/mol. The summed E-state index contributed by atoms with van der Waals surface area (Å²) >= 11 is 0. The molecule has 1 aromatic carbocycles. The van der Waals surface area contributed by atoms with Crippen LogP contribution in [0.5, 0.6) is 0 Å². The highest BCUT2D eigenvalue weighted by Crippen LogP contribution is 2.18. The molecule has 0 heterocycles. The molecule has 0 aromatic heterocycles. The molecule has 1 unspecified atom stereocenters. The Bertz CT molecular complexity index is 377. The van der Waals surface area contributed by atoms with Crippen LogP contribution in [-0.4, -0.2) is 17.5 Å². The average molecular weight is 248 g/mol. The highest BCUT2D eigenvalue weighted by Gasteiger charge is 2.22. The van der Waals surface area contributed by atoms with Gasteiger partial charge in [-0.25, -0.2) is 0 Å². The fraction of sp³-hybridized carbons (Fsp3) is 0.562. The van der Waals surface area contributed by atoms with Gasteiger partial charge in [0, 0.05) is 11.5 Å². The summed E-state index contributed by atoms with van der Waals surface area (Å²) in [4.78, 5) is 12.2. The van der Waals surface area contributed by atoms with Gasteiger partial charge in [0.25, 0.3) is 0 Å². The lowest BCUT2D eigenvalue weighted by atomic mass is 9.88. The third-order valence-electron chi connectivity index (χ3n) is 3.22. The van der Waals surface area contributed by atoms with Crippen LogP contribution in [0.3, 0.4) is 0 Å². The van der Waals surface area contributed by atoms with Crippen molar-refractivity contribution < 1.29 is 9.90 Å². The van der Waals surface area contributed by atoms with E-state index in [4.69, 9.17) is 0 Å². The molecule has 0 aliphatic heterocycles. The number of ketones is 1. The summed E-state index contributed by atoms with van der Waals surface area (Å²) < 4.78 is 0. The maximum absolute atomic E-state index is 12.2. The van der Waals surface area contributed by atoms with Gasteiger partial charge in [-0.15, -0.1) is 0 Å². The maximum Gasteiger partial charge on any atom is 0.168 e. The lowest BCUT2D eigenvalue weighted by Gasteiger charge is -2.17. The molecule has 100 valence electrons. The molecule has 1 atom stereocenters. The van der Waals surface area contributed by atoms with Crippen molar-refractivity contribution in [2.45, 2.75) is 34.1 Å². The maximum atomic E-state index is 12.2. The third kappa shape index (κ3) is 3.95. The molecule has 2 nitrogen and oxygen atoms in total. The summed E-state index contributed by atoms with van der Waals surface area (Å²) in [6.45, 7) is 8.21. The Hall–Kier alpha value is -1.15. The summed E-state index contributed by atoms with van der Waals surface area (Å²) in [5, 5.41) is 9.28. The van der Waals surface area contributed by atoms with Gasteiger partial charge in [0.1, 0.15) is 0 Å². The summed E-state index contributed by atoms with van der Waals surface area (Å²) in [5.74, 6) is 0.537. The minimum Gasteiger partial charge on any atom is -0.396 e. The number of carbonyl (C=O) groups excluding carboxylic acids is 1. The molecule has 1 aromatic rings. The molecule has 1 rings (SSSR count). The van der Waals surface area contributed by atoms with Crippen LogP contribution in [0.2, 0.25) is 0 Å². The molecule has 0 fully saturated rings. The van der Waals surface area contributed by atoms with Crippen LogP contribution in [0.25, 0.3) is 0 Å². The molecule has 0 amide bonds. The van der Waals surface area contributed by atoms with Crippen LogP contribution in [0, 0.1) is 17.8 Å². The molecule has 0 aliphatic carbocycles. The van der Waals surface area contributed by atoms with E-state index >= 15 is 0 Å². The highest BCUT2D eigenvalue weighted by atomic mass is 16.3. The number of aliphatic hydroxyl groups is 1. The highest BCUT2D eigenvalue weighted by molar-refractivity contribution is 5.98. The number of benzene rings is 1. The Balaban J connectivity index is 2.81. The molecular weight excluding hydrogens is 224 g/mol. The van der Waals surface area contributed by atoms with E-state index in [0.717, 1.165) is 6.42 Å². The topological polar surface area (TPSA) is 37.3 Å². The lowest BCUT2D eigenvalue weighted by Crippen LogP contribution is -2.24. The summed E-state index contributed by atoms with van der Waals surface area (Å²) in [6, 6.07) is 7.79. The minimum atomic E-state index is -0.291. The zero-order valence-corrected chi connectivity index (χ0v) is 11.8.